The van der Waals surface area contributed by atoms with Crippen LogP contribution in [0.15, 0.2) is 48.2 Å². The molecule has 0 unspecified atom stereocenters. The third-order valence-corrected chi connectivity index (χ3v) is 4.35. The first-order valence-electron chi connectivity index (χ1n) is 7.64. The van der Waals surface area contributed by atoms with Crippen molar-refractivity contribution in [1.29, 1.82) is 0 Å². The van der Waals surface area contributed by atoms with Crippen LogP contribution in [0.4, 0.5) is 11.4 Å². The third-order valence-electron chi connectivity index (χ3n) is 4.11. The zero-order chi connectivity index (χ0) is 19.0. The van der Waals surface area contributed by atoms with Gasteiger partial charge in [0, 0.05) is 29.9 Å². The number of likely N-dealkylation sites (N-methyl/N-ethyl adjacent to an activating group) is 1. The molecule has 8 heteroatoms. The Morgan fingerprint density at radius 3 is 2.35 bits per heavy atom. The quantitative estimate of drug-likeness (QED) is 0.505. The van der Waals surface area contributed by atoms with Crippen molar-refractivity contribution < 1.29 is 14.5 Å². The Bertz CT molecular complexity index is 967. The number of carbonyl (C=O) groups is 2. The van der Waals surface area contributed by atoms with Crippen LogP contribution < -0.4 is 5.32 Å². The normalized spacial score (nSPS) is 14.2. The second-order valence-electron chi connectivity index (χ2n) is 5.81. The molecule has 0 bridgehead atoms. The maximum atomic E-state index is 12.5. The average Bonchev–Trinajstić information content (AvgIpc) is 2.82. The van der Waals surface area contributed by atoms with Crippen LogP contribution in [0.5, 0.6) is 0 Å². The van der Waals surface area contributed by atoms with Crippen molar-refractivity contribution >= 4 is 40.4 Å². The lowest BCUT2D eigenvalue weighted by atomic mass is 10.0. The van der Waals surface area contributed by atoms with E-state index < -0.39 is 16.7 Å². The van der Waals surface area contributed by atoms with E-state index in [9.17, 15) is 19.7 Å². The summed E-state index contributed by atoms with van der Waals surface area (Å²) >= 11 is 6.01. The van der Waals surface area contributed by atoms with E-state index in [1.165, 1.54) is 31.3 Å². The van der Waals surface area contributed by atoms with Gasteiger partial charge in [0.15, 0.2) is 0 Å². The van der Waals surface area contributed by atoms with Crippen molar-refractivity contribution in [2.24, 2.45) is 0 Å². The van der Waals surface area contributed by atoms with E-state index in [2.05, 4.69) is 5.32 Å². The number of amides is 2. The number of benzene rings is 2. The molecule has 7 nitrogen and oxygen atoms in total. The fourth-order valence-corrected chi connectivity index (χ4v) is 2.81. The molecule has 0 fully saturated rings. The molecule has 2 aromatic carbocycles. The van der Waals surface area contributed by atoms with Crippen LogP contribution in [0.2, 0.25) is 5.02 Å². The number of hydrogen-bond acceptors (Lipinski definition) is 5. The molecule has 1 aliphatic rings. The lowest BCUT2D eigenvalue weighted by molar-refractivity contribution is -0.384. The van der Waals surface area contributed by atoms with Gasteiger partial charge in [-0.05, 0) is 42.3 Å². The Kier molecular flexibility index (Phi) is 4.48. The highest BCUT2D eigenvalue weighted by Crippen LogP contribution is 2.32. The number of rotatable bonds is 4. The number of hydrogen-bond donors (Lipinski definition) is 1. The summed E-state index contributed by atoms with van der Waals surface area (Å²) in [4.78, 5) is 36.3. The van der Waals surface area contributed by atoms with Crippen molar-refractivity contribution in [2.45, 2.75) is 6.92 Å². The Balaban J connectivity index is 2.10. The lowest BCUT2D eigenvalue weighted by Crippen LogP contribution is -2.28. The summed E-state index contributed by atoms with van der Waals surface area (Å²) in [6.45, 7) is 1.84. The van der Waals surface area contributed by atoms with Gasteiger partial charge in [0.2, 0.25) is 0 Å². The Morgan fingerprint density at radius 1 is 1.08 bits per heavy atom. The molecule has 0 aromatic heterocycles. The predicted molar refractivity (Wildman–Crippen MR) is 97.6 cm³/mol. The molecule has 26 heavy (non-hydrogen) atoms. The minimum absolute atomic E-state index is 0.0975. The van der Waals surface area contributed by atoms with E-state index in [0.717, 1.165) is 10.5 Å². The summed E-state index contributed by atoms with van der Waals surface area (Å²) < 4.78 is 0. The van der Waals surface area contributed by atoms with Gasteiger partial charge in [0.25, 0.3) is 17.5 Å². The van der Waals surface area contributed by atoms with Crippen LogP contribution in [0.3, 0.4) is 0 Å². The number of nitrogens with zero attached hydrogens (tertiary/aromatic N) is 2. The number of halogens is 1. The summed E-state index contributed by atoms with van der Waals surface area (Å²) in [5.41, 5.74) is 2.03. The molecule has 3 rings (SSSR count). The zero-order valence-electron chi connectivity index (χ0n) is 13.9. The van der Waals surface area contributed by atoms with Gasteiger partial charge in [0.05, 0.1) is 10.5 Å². The summed E-state index contributed by atoms with van der Waals surface area (Å²) in [5.74, 6) is -0.964. The van der Waals surface area contributed by atoms with Crippen LogP contribution >= 0.6 is 11.6 Å². The van der Waals surface area contributed by atoms with Crippen LogP contribution in [0.1, 0.15) is 11.1 Å². The van der Waals surface area contributed by atoms with Crippen molar-refractivity contribution in [3.63, 3.8) is 0 Å². The SMILES string of the molecule is Cc1ccc(Cl)cc1NC1=C(c2ccc([N+](=O)[O-])cc2)C(=O)N(C)C1=O. The fourth-order valence-electron chi connectivity index (χ4n) is 2.64. The Hall–Kier alpha value is -3.19. The second-order valence-corrected chi connectivity index (χ2v) is 6.24. The minimum Gasteiger partial charge on any atom is -0.350 e. The van der Waals surface area contributed by atoms with Crippen LogP contribution in [-0.4, -0.2) is 28.7 Å². The summed E-state index contributed by atoms with van der Waals surface area (Å²) in [5, 5.41) is 14.3. The van der Waals surface area contributed by atoms with Gasteiger partial charge in [-0.3, -0.25) is 24.6 Å². The smallest absolute Gasteiger partial charge is 0.277 e. The number of nitro benzene ring substituents is 1. The molecule has 0 radical (unpaired) electrons. The number of non-ortho nitro benzene ring substituents is 1. The zero-order valence-corrected chi connectivity index (χ0v) is 14.7. The van der Waals surface area contributed by atoms with Crippen molar-refractivity contribution in [2.75, 3.05) is 12.4 Å². The highest BCUT2D eigenvalue weighted by molar-refractivity contribution is 6.36. The molecule has 2 amide bonds. The first-order chi connectivity index (χ1) is 12.3. The topological polar surface area (TPSA) is 92.6 Å². The molecule has 132 valence electrons. The highest BCUT2D eigenvalue weighted by atomic mass is 35.5. The molecule has 0 saturated heterocycles. The highest BCUT2D eigenvalue weighted by Gasteiger charge is 2.37. The maximum absolute atomic E-state index is 12.5. The van der Waals surface area contributed by atoms with Gasteiger partial charge < -0.3 is 5.32 Å². The number of carbonyl (C=O) groups excluding carboxylic acids is 2. The fraction of sp³-hybridized carbons (Fsp3) is 0.111. The largest absolute Gasteiger partial charge is 0.350 e. The minimum atomic E-state index is -0.527. The Morgan fingerprint density at radius 2 is 1.73 bits per heavy atom. The van der Waals surface area contributed by atoms with Crippen LogP contribution in [0.25, 0.3) is 5.57 Å². The van der Waals surface area contributed by atoms with Crippen molar-refractivity contribution in [1.82, 2.24) is 4.90 Å². The van der Waals surface area contributed by atoms with E-state index in [0.29, 0.717) is 16.3 Å². The van der Waals surface area contributed by atoms with E-state index in [1.54, 1.807) is 18.2 Å². The van der Waals surface area contributed by atoms with E-state index >= 15 is 0 Å². The van der Waals surface area contributed by atoms with Crippen molar-refractivity contribution in [3.8, 4) is 0 Å². The van der Waals surface area contributed by atoms with Crippen molar-refractivity contribution in [3.05, 3.63) is 74.4 Å². The van der Waals surface area contributed by atoms with Gasteiger partial charge >= 0.3 is 0 Å². The van der Waals surface area contributed by atoms with E-state index in [1.807, 2.05) is 6.92 Å². The molecule has 2 aromatic rings. The molecule has 1 aliphatic heterocycles. The maximum Gasteiger partial charge on any atom is 0.277 e. The second kappa shape index (κ2) is 6.61. The molecule has 0 spiro atoms. The van der Waals surface area contributed by atoms with Gasteiger partial charge in [-0.1, -0.05) is 17.7 Å². The standard InChI is InChI=1S/C18H14ClN3O4/c1-10-3-6-12(19)9-14(10)20-16-15(17(23)21(2)18(16)24)11-4-7-13(8-5-11)22(25)26/h3-9,20H,1-2H3. The predicted octanol–water partition coefficient (Wildman–Crippen LogP) is 3.38. The molecular weight excluding hydrogens is 358 g/mol. The first-order valence-corrected chi connectivity index (χ1v) is 8.02. The van der Waals surface area contributed by atoms with Gasteiger partial charge in [0.1, 0.15) is 5.70 Å². The number of nitrogens with one attached hydrogen (secondary N) is 1. The Labute approximate surface area is 154 Å². The summed E-state index contributed by atoms with van der Waals surface area (Å²) in [6, 6.07) is 10.7. The molecule has 1 N–H and O–H groups in total. The summed E-state index contributed by atoms with van der Waals surface area (Å²) in [6.07, 6.45) is 0. The van der Waals surface area contributed by atoms with Crippen LogP contribution in [-0.2, 0) is 9.59 Å². The number of nitro groups is 1. The molecular formula is C18H14ClN3O4. The van der Waals surface area contributed by atoms with E-state index in [4.69, 9.17) is 11.6 Å². The van der Waals surface area contributed by atoms with E-state index in [-0.39, 0.29) is 17.0 Å². The monoisotopic (exact) mass is 371 g/mol. The number of imide groups is 1. The number of anilines is 1. The molecule has 0 aliphatic carbocycles. The molecule has 0 atom stereocenters. The molecule has 0 saturated carbocycles. The average molecular weight is 372 g/mol. The van der Waals surface area contributed by atoms with Gasteiger partial charge in [-0.25, -0.2) is 0 Å². The molecule has 1 heterocycles. The van der Waals surface area contributed by atoms with Gasteiger partial charge in [-0.2, -0.15) is 0 Å². The third kappa shape index (κ3) is 3.04. The first kappa shape index (κ1) is 17.6. The van der Waals surface area contributed by atoms with Crippen LogP contribution in [0, 0.1) is 17.0 Å². The summed E-state index contributed by atoms with van der Waals surface area (Å²) in [7, 11) is 1.38. The number of aryl methyl sites for hydroxylation is 1. The van der Waals surface area contributed by atoms with Gasteiger partial charge in [-0.15, -0.1) is 0 Å². The lowest BCUT2D eigenvalue weighted by Gasteiger charge is -2.11.